The van der Waals surface area contributed by atoms with Crippen LogP contribution in [0, 0.1) is 6.92 Å². The van der Waals surface area contributed by atoms with Gasteiger partial charge in [-0.3, -0.25) is 0 Å². The molecule has 0 saturated carbocycles. The molecule has 0 atom stereocenters. The fourth-order valence-electron chi connectivity index (χ4n) is 1.84. The maximum Gasteiger partial charge on any atom is 0.257 e. The Morgan fingerprint density at radius 1 is 1.05 bits per heavy atom. The van der Waals surface area contributed by atoms with Crippen LogP contribution in [0.25, 0.3) is 0 Å². The second-order valence-corrected chi connectivity index (χ2v) is 5.06. The van der Waals surface area contributed by atoms with Gasteiger partial charge < -0.3 is 14.2 Å². The number of aryl methyl sites for hydroxylation is 1. The van der Waals surface area contributed by atoms with E-state index in [1.165, 1.54) is 0 Å². The molecule has 1 aromatic carbocycles. The number of benzene rings is 1. The van der Waals surface area contributed by atoms with Gasteiger partial charge >= 0.3 is 0 Å². The summed E-state index contributed by atoms with van der Waals surface area (Å²) in [7, 11) is 1.65. The van der Waals surface area contributed by atoms with Gasteiger partial charge in [-0.25, -0.2) is 4.98 Å². The Morgan fingerprint density at radius 2 is 1.76 bits per heavy atom. The molecule has 0 aliphatic carbocycles. The average molecular weight is 287 g/mol. The molecule has 1 aromatic heterocycles. The van der Waals surface area contributed by atoms with E-state index in [-0.39, 0.29) is 6.10 Å². The number of nitrogens with zero attached hydrogens (tertiary/aromatic N) is 1. The Hall–Kier alpha value is -2.23. The first kappa shape index (κ1) is 15.2. The molecule has 112 valence electrons. The number of pyridine rings is 1. The standard InChI is InChI=1S/C17H21NO3/c1-12(2)21-16-10-5-13(3)18-17(16)20-11-14-6-8-15(19-4)9-7-14/h5-10,12H,11H2,1-4H3. The molecule has 4 heteroatoms. The van der Waals surface area contributed by atoms with Crippen LogP contribution in [0.4, 0.5) is 0 Å². The Balaban J connectivity index is 2.08. The molecule has 0 aliphatic heterocycles. The van der Waals surface area contributed by atoms with Crippen molar-refractivity contribution in [1.82, 2.24) is 4.98 Å². The van der Waals surface area contributed by atoms with E-state index in [0.29, 0.717) is 18.2 Å². The summed E-state index contributed by atoms with van der Waals surface area (Å²) < 4.78 is 16.7. The Morgan fingerprint density at radius 3 is 2.38 bits per heavy atom. The second kappa shape index (κ2) is 6.97. The van der Waals surface area contributed by atoms with Gasteiger partial charge in [-0.1, -0.05) is 12.1 Å². The zero-order chi connectivity index (χ0) is 15.2. The van der Waals surface area contributed by atoms with Crippen LogP contribution in [-0.4, -0.2) is 18.2 Å². The third kappa shape index (κ3) is 4.38. The van der Waals surface area contributed by atoms with Gasteiger partial charge in [0.25, 0.3) is 5.88 Å². The first-order valence-corrected chi connectivity index (χ1v) is 6.98. The molecule has 0 unspecified atom stereocenters. The summed E-state index contributed by atoms with van der Waals surface area (Å²) in [6.45, 7) is 6.33. The van der Waals surface area contributed by atoms with E-state index in [9.17, 15) is 0 Å². The zero-order valence-corrected chi connectivity index (χ0v) is 12.9. The van der Waals surface area contributed by atoms with Crippen LogP contribution in [0.2, 0.25) is 0 Å². The van der Waals surface area contributed by atoms with E-state index in [2.05, 4.69) is 4.98 Å². The maximum absolute atomic E-state index is 5.80. The van der Waals surface area contributed by atoms with Gasteiger partial charge in [-0.05, 0) is 50.6 Å². The van der Waals surface area contributed by atoms with E-state index in [1.807, 2.05) is 57.2 Å². The number of methoxy groups -OCH3 is 1. The maximum atomic E-state index is 5.80. The van der Waals surface area contributed by atoms with E-state index in [1.54, 1.807) is 7.11 Å². The van der Waals surface area contributed by atoms with E-state index >= 15 is 0 Å². The van der Waals surface area contributed by atoms with Crippen LogP contribution in [0.3, 0.4) is 0 Å². The van der Waals surface area contributed by atoms with E-state index < -0.39 is 0 Å². The lowest BCUT2D eigenvalue weighted by atomic mass is 10.2. The molecule has 21 heavy (non-hydrogen) atoms. The molecule has 0 bridgehead atoms. The van der Waals surface area contributed by atoms with Crippen LogP contribution in [0.1, 0.15) is 25.1 Å². The van der Waals surface area contributed by atoms with Crippen molar-refractivity contribution in [2.45, 2.75) is 33.5 Å². The minimum atomic E-state index is 0.0813. The van der Waals surface area contributed by atoms with Gasteiger partial charge in [-0.2, -0.15) is 0 Å². The highest BCUT2D eigenvalue weighted by Crippen LogP contribution is 2.27. The lowest BCUT2D eigenvalue weighted by Crippen LogP contribution is -2.08. The fraction of sp³-hybridized carbons (Fsp3) is 0.353. The predicted octanol–water partition coefficient (Wildman–Crippen LogP) is 3.76. The monoisotopic (exact) mass is 287 g/mol. The van der Waals surface area contributed by atoms with Crippen molar-refractivity contribution in [1.29, 1.82) is 0 Å². The minimum Gasteiger partial charge on any atom is -0.497 e. The molecule has 0 amide bonds. The molecule has 2 aromatic rings. The first-order chi connectivity index (χ1) is 10.1. The summed E-state index contributed by atoms with van der Waals surface area (Å²) in [4.78, 5) is 4.40. The highest BCUT2D eigenvalue weighted by atomic mass is 16.5. The first-order valence-electron chi connectivity index (χ1n) is 6.98. The van der Waals surface area contributed by atoms with Crippen molar-refractivity contribution in [2.24, 2.45) is 0 Å². The molecule has 0 fully saturated rings. The Labute approximate surface area is 125 Å². The van der Waals surface area contributed by atoms with Gasteiger partial charge in [0.15, 0.2) is 5.75 Å². The van der Waals surface area contributed by atoms with E-state index in [4.69, 9.17) is 14.2 Å². The SMILES string of the molecule is COc1ccc(COc2nc(C)ccc2OC(C)C)cc1. The molecule has 1 heterocycles. The third-order valence-corrected chi connectivity index (χ3v) is 2.86. The largest absolute Gasteiger partial charge is 0.497 e. The van der Waals surface area contributed by atoms with Crippen molar-refractivity contribution in [3.05, 3.63) is 47.7 Å². The highest BCUT2D eigenvalue weighted by molar-refractivity contribution is 5.35. The Kier molecular flexibility index (Phi) is 5.04. The summed E-state index contributed by atoms with van der Waals surface area (Å²) in [5.41, 5.74) is 1.95. The third-order valence-electron chi connectivity index (χ3n) is 2.86. The number of hydrogen-bond donors (Lipinski definition) is 0. The molecule has 0 N–H and O–H groups in total. The van der Waals surface area contributed by atoms with Crippen molar-refractivity contribution < 1.29 is 14.2 Å². The van der Waals surface area contributed by atoms with Gasteiger partial charge in [0.05, 0.1) is 13.2 Å². The summed E-state index contributed by atoms with van der Waals surface area (Å²) in [5, 5.41) is 0. The van der Waals surface area contributed by atoms with Crippen LogP contribution >= 0.6 is 0 Å². The molecule has 2 rings (SSSR count). The number of rotatable bonds is 6. The molecule has 0 saturated heterocycles. The average Bonchev–Trinajstić information content (AvgIpc) is 2.47. The van der Waals surface area contributed by atoms with Gasteiger partial charge in [0.2, 0.25) is 0 Å². The zero-order valence-electron chi connectivity index (χ0n) is 12.9. The molecular formula is C17H21NO3. The lowest BCUT2D eigenvalue weighted by molar-refractivity contribution is 0.212. The fourth-order valence-corrected chi connectivity index (χ4v) is 1.84. The van der Waals surface area contributed by atoms with Crippen LogP contribution in [0.15, 0.2) is 36.4 Å². The van der Waals surface area contributed by atoms with Gasteiger partial charge in [0.1, 0.15) is 12.4 Å². The molecular weight excluding hydrogens is 266 g/mol. The smallest absolute Gasteiger partial charge is 0.257 e. The molecule has 0 aliphatic rings. The lowest BCUT2D eigenvalue weighted by Gasteiger charge is -2.14. The molecule has 4 nitrogen and oxygen atoms in total. The summed E-state index contributed by atoms with van der Waals surface area (Å²) in [6, 6.07) is 11.6. The number of ether oxygens (including phenoxy) is 3. The highest BCUT2D eigenvalue weighted by Gasteiger charge is 2.09. The second-order valence-electron chi connectivity index (χ2n) is 5.06. The minimum absolute atomic E-state index is 0.0813. The van der Waals surface area contributed by atoms with Crippen molar-refractivity contribution >= 4 is 0 Å². The topological polar surface area (TPSA) is 40.6 Å². The quantitative estimate of drug-likeness (QED) is 0.811. The summed E-state index contributed by atoms with van der Waals surface area (Å²) >= 11 is 0. The number of hydrogen-bond acceptors (Lipinski definition) is 4. The summed E-state index contributed by atoms with van der Waals surface area (Å²) in [5.74, 6) is 2.03. The molecule has 0 spiro atoms. The normalized spacial score (nSPS) is 10.5. The van der Waals surface area contributed by atoms with Crippen LogP contribution in [-0.2, 0) is 6.61 Å². The van der Waals surface area contributed by atoms with Gasteiger partial charge in [-0.15, -0.1) is 0 Å². The van der Waals surface area contributed by atoms with Crippen molar-refractivity contribution in [3.8, 4) is 17.4 Å². The van der Waals surface area contributed by atoms with Crippen LogP contribution < -0.4 is 14.2 Å². The van der Waals surface area contributed by atoms with Crippen molar-refractivity contribution in [2.75, 3.05) is 7.11 Å². The Bertz CT molecular complexity index is 579. The van der Waals surface area contributed by atoms with Gasteiger partial charge in [0, 0.05) is 5.69 Å². The summed E-state index contributed by atoms with van der Waals surface area (Å²) in [6.07, 6.45) is 0.0813. The van der Waals surface area contributed by atoms with E-state index in [0.717, 1.165) is 17.0 Å². The van der Waals surface area contributed by atoms with Crippen LogP contribution in [0.5, 0.6) is 17.4 Å². The number of aromatic nitrogens is 1. The predicted molar refractivity (Wildman–Crippen MR) is 82.1 cm³/mol. The molecule has 0 radical (unpaired) electrons. The van der Waals surface area contributed by atoms with Crippen molar-refractivity contribution in [3.63, 3.8) is 0 Å².